The molecule has 0 spiro atoms. The van der Waals surface area contributed by atoms with Gasteiger partial charge < -0.3 is 5.73 Å². The second-order valence-electron chi connectivity index (χ2n) is 3.57. The van der Waals surface area contributed by atoms with Crippen molar-refractivity contribution in [3.05, 3.63) is 0 Å². The van der Waals surface area contributed by atoms with Crippen LogP contribution in [0.15, 0.2) is 0 Å². The minimum atomic E-state index is -3.50. The zero-order chi connectivity index (χ0) is 12.2. The van der Waals surface area contributed by atoms with E-state index in [2.05, 4.69) is 0 Å². The molecule has 0 aromatic carbocycles. The Morgan fingerprint density at radius 3 is 2.20 bits per heavy atom. The number of nitrogens with two attached hydrogens (primary N) is 1. The fourth-order valence-corrected chi connectivity index (χ4v) is 2.52. The van der Waals surface area contributed by atoms with Crippen LogP contribution in [0, 0.1) is 5.41 Å². The number of hydrogen-bond donors (Lipinski definition) is 2. The summed E-state index contributed by atoms with van der Waals surface area (Å²) in [4.78, 5) is 0. The number of hydrogen-bond acceptors (Lipinski definition) is 3. The van der Waals surface area contributed by atoms with Crippen LogP contribution < -0.4 is 5.73 Å². The maximum absolute atomic E-state index is 11.9. The van der Waals surface area contributed by atoms with Crippen LogP contribution in [0.1, 0.15) is 20.8 Å². The standard InChI is InChI=1S/C8H20N4O2S/c1-5-12(6-8(9)10)15(13,14)11(4)7(2)3/h7H,5-6H2,1-4H3,(H3,9,10). The SMILES string of the molecule is CCN(CC(=N)N)S(=O)(=O)N(C)C(C)C. The Labute approximate surface area is 91.7 Å². The monoisotopic (exact) mass is 236 g/mol. The molecule has 0 aliphatic rings. The van der Waals surface area contributed by atoms with Crippen LogP contribution in [0.4, 0.5) is 0 Å². The van der Waals surface area contributed by atoms with E-state index in [0.29, 0.717) is 6.54 Å². The minimum absolute atomic E-state index is 0.0596. The molecular formula is C8H20N4O2S. The highest BCUT2D eigenvalue weighted by molar-refractivity contribution is 7.86. The molecule has 15 heavy (non-hydrogen) atoms. The van der Waals surface area contributed by atoms with Crippen LogP contribution in [-0.2, 0) is 10.2 Å². The van der Waals surface area contributed by atoms with Crippen LogP contribution in [-0.4, -0.2) is 49.0 Å². The molecule has 7 heteroatoms. The lowest BCUT2D eigenvalue weighted by Gasteiger charge is -2.28. The molecule has 90 valence electrons. The molecule has 0 saturated carbocycles. The Morgan fingerprint density at radius 2 is 1.93 bits per heavy atom. The van der Waals surface area contributed by atoms with E-state index in [1.165, 1.54) is 15.7 Å². The maximum Gasteiger partial charge on any atom is 0.282 e. The van der Waals surface area contributed by atoms with Crippen LogP contribution >= 0.6 is 0 Å². The van der Waals surface area contributed by atoms with Gasteiger partial charge in [0.1, 0.15) is 5.84 Å². The molecule has 0 amide bonds. The number of rotatable bonds is 6. The van der Waals surface area contributed by atoms with Gasteiger partial charge >= 0.3 is 0 Å². The van der Waals surface area contributed by atoms with Crippen molar-refractivity contribution in [1.82, 2.24) is 8.61 Å². The predicted molar refractivity (Wildman–Crippen MR) is 61.0 cm³/mol. The lowest BCUT2D eigenvalue weighted by molar-refractivity contribution is 0.355. The molecule has 0 heterocycles. The Bertz CT molecular complexity index is 313. The zero-order valence-corrected chi connectivity index (χ0v) is 10.5. The van der Waals surface area contributed by atoms with Crippen LogP contribution in [0.5, 0.6) is 0 Å². The van der Waals surface area contributed by atoms with Gasteiger partial charge in [-0.1, -0.05) is 6.92 Å². The highest BCUT2D eigenvalue weighted by Crippen LogP contribution is 2.09. The molecule has 0 aromatic heterocycles. The van der Waals surface area contributed by atoms with Crippen molar-refractivity contribution in [3.8, 4) is 0 Å². The first-order chi connectivity index (χ1) is 6.73. The predicted octanol–water partition coefficient (Wildman–Crippen LogP) is -0.171. The minimum Gasteiger partial charge on any atom is -0.387 e. The molecule has 3 N–H and O–H groups in total. The molecule has 0 bridgehead atoms. The topological polar surface area (TPSA) is 90.5 Å². The molecule has 0 rings (SSSR count). The van der Waals surface area contributed by atoms with Gasteiger partial charge in [-0.15, -0.1) is 0 Å². The van der Waals surface area contributed by atoms with Gasteiger partial charge in [-0.2, -0.15) is 17.0 Å². The molecule has 6 nitrogen and oxygen atoms in total. The summed E-state index contributed by atoms with van der Waals surface area (Å²) >= 11 is 0. The highest BCUT2D eigenvalue weighted by Gasteiger charge is 2.27. The van der Waals surface area contributed by atoms with E-state index >= 15 is 0 Å². The van der Waals surface area contributed by atoms with E-state index in [0.717, 1.165) is 0 Å². The van der Waals surface area contributed by atoms with E-state index in [1.54, 1.807) is 20.8 Å². The second kappa shape index (κ2) is 5.43. The molecular weight excluding hydrogens is 216 g/mol. The van der Waals surface area contributed by atoms with Crippen molar-refractivity contribution in [1.29, 1.82) is 5.41 Å². The van der Waals surface area contributed by atoms with Crippen molar-refractivity contribution in [2.24, 2.45) is 5.73 Å². The summed E-state index contributed by atoms with van der Waals surface area (Å²) in [5.41, 5.74) is 5.20. The van der Waals surface area contributed by atoms with Gasteiger partial charge in [0.15, 0.2) is 0 Å². The van der Waals surface area contributed by atoms with Crippen molar-refractivity contribution in [2.45, 2.75) is 26.8 Å². The van der Waals surface area contributed by atoms with Crippen LogP contribution in [0.25, 0.3) is 0 Å². The summed E-state index contributed by atoms with van der Waals surface area (Å²) in [5.74, 6) is -0.155. The van der Waals surface area contributed by atoms with E-state index in [1.807, 2.05) is 0 Å². The first kappa shape index (κ1) is 14.3. The molecule has 0 atom stereocenters. The molecule has 0 radical (unpaired) electrons. The summed E-state index contributed by atoms with van der Waals surface area (Å²) in [7, 11) is -1.98. The summed E-state index contributed by atoms with van der Waals surface area (Å²) < 4.78 is 26.3. The van der Waals surface area contributed by atoms with E-state index in [4.69, 9.17) is 11.1 Å². The summed E-state index contributed by atoms with van der Waals surface area (Å²) in [6, 6.07) is -0.115. The Balaban J connectivity index is 4.89. The van der Waals surface area contributed by atoms with E-state index in [-0.39, 0.29) is 18.4 Å². The van der Waals surface area contributed by atoms with Crippen LogP contribution in [0.3, 0.4) is 0 Å². The summed E-state index contributed by atoms with van der Waals surface area (Å²) in [5, 5.41) is 7.11. The second-order valence-corrected chi connectivity index (χ2v) is 5.56. The van der Waals surface area contributed by atoms with E-state index < -0.39 is 10.2 Å². The van der Waals surface area contributed by atoms with Gasteiger partial charge in [-0.25, -0.2) is 0 Å². The fraction of sp³-hybridized carbons (Fsp3) is 0.875. The lowest BCUT2D eigenvalue weighted by atomic mass is 10.4. The zero-order valence-electron chi connectivity index (χ0n) is 9.69. The third-order valence-corrected chi connectivity index (χ3v) is 4.31. The number of nitrogens with zero attached hydrogens (tertiary/aromatic N) is 2. The van der Waals surface area contributed by atoms with E-state index in [9.17, 15) is 8.42 Å². The molecule has 0 saturated heterocycles. The molecule has 0 aliphatic heterocycles. The van der Waals surface area contributed by atoms with Gasteiger partial charge in [-0.3, -0.25) is 5.41 Å². The summed E-state index contributed by atoms with van der Waals surface area (Å²) in [6.07, 6.45) is 0. The quantitative estimate of drug-likeness (QED) is 0.495. The van der Waals surface area contributed by atoms with Gasteiger partial charge in [0.25, 0.3) is 10.2 Å². The molecule has 0 unspecified atom stereocenters. The van der Waals surface area contributed by atoms with Gasteiger partial charge in [0.2, 0.25) is 0 Å². The van der Waals surface area contributed by atoms with Gasteiger partial charge in [0, 0.05) is 19.6 Å². The first-order valence-corrected chi connectivity index (χ1v) is 6.19. The third-order valence-electron chi connectivity index (χ3n) is 2.12. The molecule has 0 aromatic rings. The fourth-order valence-electron chi connectivity index (χ4n) is 0.995. The van der Waals surface area contributed by atoms with Gasteiger partial charge in [-0.05, 0) is 13.8 Å². The Morgan fingerprint density at radius 1 is 1.47 bits per heavy atom. The van der Waals surface area contributed by atoms with Crippen molar-refractivity contribution < 1.29 is 8.42 Å². The Hall–Kier alpha value is -0.660. The maximum atomic E-state index is 11.9. The molecule has 0 fully saturated rings. The summed E-state index contributed by atoms with van der Waals surface area (Å²) in [6.45, 7) is 5.54. The average Bonchev–Trinajstić information content (AvgIpc) is 2.11. The van der Waals surface area contributed by atoms with Crippen molar-refractivity contribution >= 4 is 16.0 Å². The highest BCUT2D eigenvalue weighted by atomic mass is 32.2. The largest absolute Gasteiger partial charge is 0.387 e. The third kappa shape index (κ3) is 3.77. The number of likely N-dealkylation sites (N-methyl/N-ethyl adjacent to an activating group) is 1. The normalized spacial score (nSPS) is 12.7. The number of nitrogens with one attached hydrogen (secondary N) is 1. The van der Waals surface area contributed by atoms with Crippen LogP contribution in [0.2, 0.25) is 0 Å². The van der Waals surface area contributed by atoms with Gasteiger partial charge in [0.05, 0.1) is 6.54 Å². The van der Waals surface area contributed by atoms with Crippen molar-refractivity contribution in [3.63, 3.8) is 0 Å². The average molecular weight is 236 g/mol. The smallest absolute Gasteiger partial charge is 0.282 e. The first-order valence-electron chi connectivity index (χ1n) is 4.79. The van der Waals surface area contributed by atoms with Crippen molar-refractivity contribution in [2.75, 3.05) is 20.1 Å². The molecule has 0 aliphatic carbocycles. The number of amidine groups is 1. The Kier molecular flexibility index (Phi) is 5.19. The lowest BCUT2D eigenvalue weighted by Crippen LogP contribution is -2.47.